The summed E-state index contributed by atoms with van der Waals surface area (Å²) in [5.74, 6) is -0.413. The zero-order chi connectivity index (χ0) is 13.5. The van der Waals surface area contributed by atoms with E-state index < -0.39 is 5.41 Å². The maximum Gasteiger partial charge on any atom is 0.264 e. The van der Waals surface area contributed by atoms with Gasteiger partial charge in [0.2, 0.25) is 5.91 Å². The zero-order valence-electron chi connectivity index (χ0n) is 10.5. The molecule has 0 aliphatic carbocycles. The van der Waals surface area contributed by atoms with E-state index in [9.17, 15) is 9.59 Å². The third-order valence-electron chi connectivity index (χ3n) is 3.52. The highest BCUT2D eigenvalue weighted by molar-refractivity contribution is 7.14. The van der Waals surface area contributed by atoms with Crippen LogP contribution in [0.3, 0.4) is 0 Å². The lowest BCUT2D eigenvalue weighted by Crippen LogP contribution is -2.38. The second-order valence-corrected chi connectivity index (χ2v) is 6.28. The molecule has 0 aromatic carbocycles. The van der Waals surface area contributed by atoms with Crippen molar-refractivity contribution in [3.8, 4) is 0 Å². The average molecular weight is 267 g/mol. The van der Waals surface area contributed by atoms with Gasteiger partial charge in [0.1, 0.15) is 0 Å². The van der Waals surface area contributed by atoms with Crippen molar-refractivity contribution in [2.24, 2.45) is 11.1 Å². The molecule has 0 radical (unpaired) electrons. The molecule has 0 bridgehead atoms. The molecule has 2 amide bonds. The van der Waals surface area contributed by atoms with Crippen LogP contribution >= 0.6 is 11.3 Å². The Morgan fingerprint density at radius 1 is 1.50 bits per heavy atom. The van der Waals surface area contributed by atoms with E-state index in [2.05, 4.69) is 0 Å². The molecule has 18 heavy (non-hydrogen) atoms. The van der Waals surface area contributed by atoms with Crippen molar-refractivity contribution in [2.75, 3.05) is 18.8 Å². The fourth-order valence-electron chi connectivity index (χ4n) is 2.09. The van der Waals surface area contributed by atoms with Gasteiger partial charge in [-0.25, -0.2) is 0 Å². The summed E-state index contributed by atoms with van der Waals surface area (Å²) in [7, 11) is 0. The summed E-state index contributed by atoms with van der Waals surface area (Å²) in [6.07, 6.45) is 0.619. The number of amides is 2. The summed E-state index contributed by atoms with van der Waals surface area (Å²) < 4.78 is 0. The number of hydrogen-bond donors (Lipinski definition) is 2. The van der Waals surface area contributed by atoms with Crippen molar-refractivity contribution in [1.82, 2.24) is 4.90 Å². The minimum atomic E-state index is -0.604. The molecule has 6 heteroatoms. The van der Waals surface area contributed by atoms with Crippen LogP contribution in [0, 0.1) is 12.3 Å². The number of carbonyl (C=O) groups excluding carboxylic acids is 2. The van der Waals surface area contributed by atoms with Crippen molar-refractivity contribution in [3.05, 3.63) is 15.8 Å². The van der Waals surface area contributed by atoms with Gasteiger partial charge in [0.25, 0.3) is 5.91 Å². The number of likely N-dealkylation sites (tertiary alicyclic amines) is 1. The number of nitrogens with zero attached hydrogens (tertiary/aromatic N) is 1. The van der Waals surface area contributed by atoms with Gasteiger partial charge in [-0.15, -0.1) is 11.3 Å². The molecule has 1 fully saturated rings. The summed E-state index contributed by atoms with van der Waals surface area (Å²) in [6, 6.07) is 1.70. The van der Waals surface area contributed by atoms with Crippen LogP contribution in [0.4, 0.5) is 5.69 Å². The van der Waals surface area contributed by atoms with Crippen LogP contribution in [0.5, 0.6) is 0 Å². The summed E-state index contributed by atoms with van der Waals surface area (Å²) in [5.41, 5.74) is 11.1. The molecule has 0 saturated carbocycles. The van der Waals surface area contributed by atoms with Gasteiger partial charge in [-0.3, -0.25) is 9.59 Å². The van der Waals surface area contributed by atoms with Crippen LogP contribution in [0.2, 0.25) is 0 Å². The Hall–Kier alpha value is -1.56. The number of nitrogen functional groups attached to an aromatic ring is 1. The van der Waals surface area contributed by atoms with Gasteiger partial charge in [0, 0.05) is 23.7 Å². The average Bonchev–Trinajstić information content (AvgIpc) is 2.84. The fraction of sp³-hybridized carbons (Fsp3) is 0.500. The Bertz CT molecular complexity index is 492. The Kier molecular flexibility index (Phi) is 3.06. The molecule has 0 spiro atoms. The number of thiophene rings is 1. The SMILES string of the molecule is Cc1sc(C(=O)N2CCC(C)(C(N)=O)C2)cc1N. The lowest BCUT2D eigenvalue weighted by atomic mass is 9.89. The molecule has 1 saturated heterocycles. The van der Waals surface area contributed by atoms with Crippen molar-refractivity contribution in [3.63, 3.8) is 0 Å². The van der Waals surface area contributed by atoms with Gasteiger partial charge in [0.05, 0.1) is 10.3 Å². The normalized spacial score (nSPS) is 23.3. The van der Waals surface area contributed by atoms with Crippen LogP contribution in [-0.4, -0.2) is 29.8 Å². The van der Waals surface area contributed by atoms with Crippen LogP contribution in [0.1, 0.15) is 27.9 Å². The highest BCUT2D eigenvalue weighted by Crippen LogP contribution is 2.32. The van der Waals surface area contributed by atoms with Crippen LogP contribution in [-0.2, 0) is 4.79 Å². The zero-order valence-corrected chi connectivity index (χ0v) is 11.3. The maximum absolute atomic E-state index is 12.3. The van der Waals surface area contributed by atoms with E-state index in [4.69, 9.17) is 11.5 Å². The lowest BCUT2D eigenvalue weighted by molar-refractivity contribution is -0.126. The van der Waals surface area contributed by atoms with Gasteiger partial charge in [-0.05, 0) is 26.3 Å². The minimum Gasteiger partial charge on any atom is -0.398 e. The molecule has 2 heterocycles. The molecule has 4 N–H and O–H groups in total. The van der Waals surface area contributed by atoms with Gasteiger partial charge in [0.15, 0.2) is 0 Å². The predicted molar refractivity (Wildman–Crippen MR) is 71.3 cm³/mol. The molecule has 98 valence electrons. The van der Waals surface area contributed by atoms with E-state index in [1.165, 1.54) is 11.3 Å². The third kappa shape index (κ3) is 2.08. The van der Waals surface area contributed by atoms with Crippen LogP contribution < -0.4 is 11.5 Å². The number of primary amides is 1. The molecular weight excluding hydrogens is 250 g/mol. The third-order valence-corrected chi connectivity index (χ3v) is 4.58. The van der Waals surface area contributed by atoms with Gasteiger partial charge >= 0.3 is 0 Å². The quantitative estimate of drug-likeness (QED) is 0.837. The molecule has 2 rings (SSSR count). The number of nitrogens with two attached hydrogens (primary N) is 2. The maximum atomic E-state index is 12.3. The Labute approximate surface area is 110 Å². The summed E-state index contributed by atoms with van der Waals surface area (Å²) in [6.45, 7) is 4.64. The standard InChI is InChI=1S/C12H17N3O2S/c1-7-8(13)5-9(18-7)10(16)15-4-3-12(2,6-15)11(14)17/h5H,3-4,6,13H2,1-2H3,(H2,14,17). The van der Waals surface area contributed by atoms with Crippen molar-refractivity contribution < 1.29 is 9.59 Å². The topological polar surface area (TPSA) is 89.4 Å². The minimum absolute atomic E-state index is 0.0650. The molecule has 5 nitrogen and oxygen atoms in total. The van der Waals surface area contributed by atoms with E-state index in [0.717, 1.165) is 4.88 Å². The Morgan fingerprint density at radius 2 is 2.17 bits per heavy atom. The second-order valence-electron chi connectivity index (χ2n) is 5.02. The highest BCUT2D eigenvalue weighted by atomic mass is 32.1. The van der Waals surface area contributed by atoms with Crippen molar-refractivity contribution in [2.45, 2.75) is 20.3 Å². The molecule has 1 aliphatic rings. The number of aryl methyl sites for hydroxylation is 1. The van der Waals surface area contributed by atoms with Crippen LogP contribution in [0.25, 0.3) is 0 Å². The van der Waals surface area contributed by atoms with Gasteiger partial charge in [-0.2, -0.15) is 0 Å². The monoisotopic (exact) mass is 267 g/mol. The lowest BCUT2D eigenvalue weighted by Gasteiger charge is -2.20. The fourth-order valence-corrected chi connectivity index (χ4v) is 3.00. The number of carbonyl (C=O) groups is 2. The molecule has 1 aliphatic heterocycles. The molecule has 1 aromatic rings. The molecule has 1 atom stereocenters. The van der Waals surface area contributed by atoms with E-state index in [1.54, 1.807) is 17.9 Å². The van der Waals surface area contributed by atoms with E-state index >= 15 is 0 Å². The summed E-state index contributed by atoms with van der Waals surface area (Å²) in [4.78, 5) is 26.8. The van der Waals surface area contributed by atoms with E-state index in [1.807, 2.05) is 6.92 Å². The van der Waals surface area contributed by atoms with Crippen LogP contribution in [0.15, 0.2) is 6.07 Å². The van der Waals surface area contributed by atoms with Gasteiger partial charge in [-0.1, -0.05) is 0 Å². The Balaban J connectivity index is 2.15. The van der Waals surface area contributed by atoms with Crippen molar-refractivity contribution in [1.29, 1.82) is 0 Å². The van der Waals surface area contributed by atoms with E-state index in [0.29, 0.717) is 30.1 Å². The summed E-state index contributed by atoms with van der Waals surface area (Å²) in [5, 5.41) is 0. The predicted octanol–water partition coefficient (Wildman–Crippen LogP) is 0.976. The summed E-state index contributed by atoms with van der Waals surface area (Å²) >= 11 is 1.39. The number of hydrogen-bond acceptors (Lipinski definition) is 4. The highest BCUT2D eigenvalue weighted by Gasteiger charge is 2.41. The molecule has 1 aromatic heterocycles. The van der Waals surface area contributed by atoms with E-state index in [-0.39, 0.29) is 11.8 Å². The molecular formula is C12H17N3O2S. The largest absolute Gasteiger partial charge is 0.398 e. The number of rotatable bonds is 2. The van der Waals surface area contributed by atoms with Crippen molar-refractivity contribution >= 4 is 28.8 Å². The Morgan fingerprint density at radius 3 is 2.61 bits per heavy atom. The first-order valence-corrected chi connectivity index (χ1v) is 6.60. The first-order valence-electron chi connectivity index (χ1n) is 5.78. The number of anilines is 1. The second kappa shape index (κ2) is 4.28. The first kappa shape index (κ1) is 12.9. The molecule has 1 unspecified atom stereocenters. The first-order chi connectivity index (χ1) is 8.33. The van der Waals surface area contributed by atoms with Gasteiger partial charge < -0.3 is 16.4 Å². The smallest absolute Gasteiger partial charge is 0.264 e.